The van der Waals surface area contributed by atoms with Crippen LogP contribution in [-0.4, -0.2) is 44.1 Å². The number of rotatable bonds is 6. The van der Waals surface area contributed by atoms with Gasteiger partial charge in [-0.25, -0.2) is 9.97 Å². The number of aryl methyl sites for hydroxylation is 2. The zero-order valence-corrected chi connectivity index (χ0v) is 18.5. The third-order valence-corrected chi connectivity index (χ3v) is 5.95. The fraction of sp³-hybridized carbons (Fsp3) is 0.320. The van der Waals surface area contributed by atoms with E-state index in [-0.39, 0.29) is 6.10 Å². The van der Waals surface area contributed by atoms with Crippen LogP contribution in [0.3, 0.4) is 0 Å². The van der Waals surface area contributed by atoms with Gasteiger partial charge in [0.05, 0.1) is 41.8 Å². The summed E-state index contributed by atoms with van der Waals surface area (Å²) in [5.74, 6) is 1.95. The molecule has 0 radical (unpaired) electrons. The van der Waals surface area contributed by atoms with Crippen LogP contribution in [0.25, 0.3) is 11.0 Å². The Balaban J connectivity index is 1.28. The van der Waals surface area contributed by atoms with Gasteiger partial charge in [0.25, 0.3) is 0 Å². The van der Waals surface area contributed by atoms with Crippen LogP contribution in [-0.2, 0) is 17.8 Å². The lowest BCUT2D eigenvalue weighted by molar-refractivity contribution is -0.0359. The number of morpholine rings is 1. The molecule has 164 valence electrons. The summed E-state index contributed by atoms with van der Waals surface area (Å²) in [6.07, 6.45) is 3.59. The van der Waals surface area contributed by atoms with E-state index in [0.717, 1.165) is 60.3 Å². The smallest absolute Gasteiger partial charge is 0.133 e. The van der Waals surface area contributed by atoms with Crippen molar-refractivity contribution in [3.05, 3.63) is 78.0 Å². The highest BCUT2D eigenvalue weighted by Gasteiger charge is 2.24. The average molecular weight is 429 g/mol. The second-order valence-corrected chi connectivity index (χ2v) is 8.12. The van der Waals surface area contributed by atoms with Gasteiger partial charge in [0, 0.05) is 25.8 Å². The lowest BCUT2D eigenvalue weighted by atomic mass is 10.2. The predicted octanol–water partition coefficient (Wildman–Crippen LogP) is 4.47. The number of hydrogen-bond donors (Lipinski definition) is 1. The van der Waals surface area contributed by atoms with Gasteiger partial charge in [-0.15, -0.1) is 0 Å². The monoisotopic (exact) mass is 428 g/mol. The largest absolute Gasteiger partial charge is 0.369 e. The Labute approximate surface area is 188 Å². The number of fused-ring (bicyclic) bond motifs is 1. The Bertz CT molecular complexity index is 1200. The summed E-state index contributed by atoms with van der Waals surface area (Å²) in [4.78, 5) is 16.4. The second kappa shape index (κ2) is 9.06. The molecule has 1 N–H and O–H groups in total. The predicted molar refractivity (Wildman–Crippen MR) is 126 cm³/mol. The number of benzene rings is 1. The van der Waals surface area contributed by atoms with Crippen LogP contribution in [0.15, 0.2) is 60.9 Å². The minimum Gasteiger partial charge on any atom is -0.369 e. The summed E-state index contributed by atoms with van der Waals surface area (Å²) in [6, 6.07) is 16.4. The maximum absolute atomic E-state index is 6.06. The van der Waals surface area contributed by atoms with Gasteiger partial charge in [-0.1, -0.05) is 18.2 Å². The number of nitrogens with one attached hydrogen (secondary N) is 1. The average Bonchev–Trinajstić information content (AvgIpc) is 3.18. The fourth-order valence-corrected chi connectivity index (χ4v) is 4.25. The van der Waals surface area contributed by atoms with Crippen molar-refractivity contribution in [2.24, 2.45) is 0 Å². The van der Waals surface area contributed by atoms with Crippen molar-refractivity contribution in [3.8, 4) is 0 Å². The summed E-state index contributed by atoms with van der Waals surface area (Å²) < 4.78 is 8.36. The van der Waals surface area contributed by atoms with E-state index in [4.69, 9.17) is 9.72 Å². The van der Waals surface area contributed by atoms with Crippen molar-refractivity contribution in [3.63, 3.8) is 0 Å². The van der Waals surface area contributed by atoms with Crippen LogP contribution in [0.4, 0.5) is 11.5 Å². The number of para-hydroxylation sites is 2. The molecule has 1 aliphatic rings. The van der Waals surface area contributed by atoms with Crippen molar-refractivity contribution in [2.45, 2.75) is 33.0 Å². The minimum atomic E-state index is -0.0474. The molecule has 0 aliphatic carbocycles. The Morgan fingerprint density at radius 2 is 2.00 bits per heavy atom. The molecule has 32 heavy (non-hydrogen) atoms. The normalized spacial score (nSPS) is 17.0. The van der Waals surface area contributed by atoms with Crippen molar-refractivity contribution >= 4 is 22.5 Å². The van der Waals surface area contributed by atoms with Gasteiger partial charge in [0.15, 0.2) is 0 Å². The van der Waals surface area contributed by atoms with Crippen LogP contribution < -0.4 is 5.32 Å². The van der Waals surface area contributed by atoms with E-state index < -0.39 is 0 Å². The Kier molecular flexibility index (Phi) is 5.83. The SMILES string of the molecule is CCn1c(CN2CCO[C@@H](c3ccc(Nc4ncccc4C)cn3)C2)nc2ccccc21. The highest BCUT2D eigenvalue weighted by molar-refractivity contribution is 5.75. The molecule has 0 saturated carbocycles. The first-order valence-corrected chi connectivity index (χ1v) is 11.1. The molecule has 1 aromatic carbocycles. The molecule has 0 amide bonds. The summed E-state index contributed by atoms with van der Waals surface area (Å²) >= 11 is 0. The van der Waals surface area contributed by atoms with Crippen LogP contribution in [0.1, 0.15) is 30.1 Å². The molecular formula is C25H28N6O. The Hall–Kier alpha value is -3.29. The summed E-state index contributed by atoms with van der Waals surface area (Å²) in [7, 11) is 0. The van der Waals surface area contributed by atoms with Gasteiger partial charge in [-0.05, 0) is 49.7 Å². The first kappa shape index (κ1) is 20.6. The molecule has 0 spiro atoms. The molecule has 7 nitrogen and oxygen atoms in total. The van der Waals surface area contributed by atoms with E-state index >= 15 is 0 Å². The summed E-state index contributed by atoms with van der Waals surface area (Å²) in [5.41, 5.74) is 5.22. The van der Waals surface area contributed by atoms with Gasteiger partial charge in [-0.3, -0.25) is 9.88 Å². The molecule has 0 unspecified atom stereocenters. The van der Waals surface area contributed by atoms with Gasteiger partial charge < -0.3 is 14.6 Å². The molecule has 4 aromatic rings. The standard InChI is InChI=1S/C25H28N6O/c1-3-31-22-9-5-4-8-20(22)29-24(31)17-30-13-14-32-23(16-30)21-11-10-19(15-27-21)28-25-18(2)7-6-12-26-25/h4-12,15,23H,3,13-14,16-17H2,1-2H3,(H,26,28)/t23-/m1/s1. The van der Waals surface area contributed by atoms with E-state index in [1.807, 2.05) is 43.5 Å². The fourth-order valence-electron chi connectivity index (χ4n) is 4.25. The lowest BCUT2D eigenvalue weighted by Gasteiger charge is -2.32. The summed E-state index contributed by atoms with van der Waals surface area (Å²) in [5, 5.41) is 3.33. The summed E-state index contributed by atoms with van der Waals surface area (Å²) in [6.45, 7) is 8.30. The first-order valence-electron chi connectivity index (χ1n) is 11.1. The van der Waals surface area contributed by atoms with E-state index in [1.54, 1.807) is 6.20 Å². The zero-order valence-electron chi connectivity index (χ0n) is 18.5. The quantitative estimate of drug-likeness (QED) is 0.489. The van der Waals surface area contributed by atoms with Crippen molar-refractivity contribution < 1.29 is 4.74 Å². The molecule has 5 rings (SSSR count). The highest BCUT2D eigenvalue weighted by atomic mass is 16.5. The van der Waals surface area contributed by atoms with Gasteiger partial charge in [0.2, 0.25) is 0 Å². The number of imidazole rings is 1. The Morgan fingerprint density at radius 3 is 2.81 bits per heavy atom. The topological polar surface area (TPSA) is 68.1 Å². The molecule has 1 saturated heterocycles. The number of aromatic nitrogens is 4. The van der Waals surface area contributed by atoms with Crippen LogP contribution in [0, 0.1) is 6.92 Å². The first-order chi connectivity index (χ1) is 15.7. The minimum absolute atomic E-state index is 0.0474. The third-order valence-electron chi connectivity index (χ3n) is 5.95. The van der Waals surface area contributed by atoms with Gasteiger partial charge >= 0.3 is 0 Å². The second-order valence-electron chi connectivity index (χ2n) is 8.12. The molecule has 7 heteroatoms. The van der Waals surface area contributed by atoms with E-state index in [9.17, 15) is 0 Å². The zero-order chi connectivity index (χ0) is 21.9. The number of hydrogen-bond acceptors (Lipinski definition) is 6. The van der Waals surface area contributed by atoms with Gasteiger partial charge in [-0.2, -0.15) is 0 Å². The Morgan fingerprint density at radius 1 is 1.09 bits per heavy atom. The number of nitrogens with zero attached hydrogens (tertiary/aromatic N) is 5. The van der Waals surface area contributed by atoms with E-state index in [1.165, 1.54) is 5.52 Å². The van der Waals surface area contributed by atoms with Crippen LogP contribution in [0.5, 0.6) is 0 Å². The van der Waals surface area contributed by atoms with Crippen molar-refractivity contribution in [1.29, 1.82) is 0 Å². The highest BCUT2D eigenvalue weighted by Crippen LogP contribution is 2.25. The lowest BCUT2D eigenvalue weighted by Crippen LogP contribution is -2.38. The maximum atomic E-state index is 6.06. The van der Waals surface area contributed by atoms with Gasteiger partial charge in [0.1, 0.15) is 17.7 Å². The number of ether oxygens (including phenoxy) is 1. The third kappa shape index (κ3) is 4.22. The van der Waals surface area contributed by atoms with E-state index in [0.29, 0.717) is 6.61 Å². The van der Waals surface area contributed by atoms with Crippen LogP contribution >= 0.6 is 0 Å². The number of anilines is 2. The molecule has 1 aliphatic heterocycles. The van der Waals surface area contributed by atoms with Crippen molar-refractivity contribution in [1.82, 2.24) is 24.4 Å². The molecule has 3 aromatic heterocycles. The van der Waals surface area contributed by atoms with Crippen LogP contribution in [0.2, 0.25) is 0 Å². The molecule has 4 heterocycles. The van der Waals surface area contributed by atoms with E-state index in [2.05, 4.69) is 49.9 Å². The number of pyridine rings is 2. The maximum Gasteiger partial charge on any atom is 0.133 e. The van der Waals surface area contributed by atoms with Crippen molar-refractivity contribution in [2.75, 3.05) is 25.0 Å². The molecule has 0 bridgehead atoms. The molecule has 1 atom stereocenters. The molecule has 1 fully saturated rings. The molecular weight excluding hydrogens is 400 g/mol.